The molecule has 1 N–H and O–H groups in total. The number of hydrogen-bond donors (Lipinski definition) is 1. The van der Waals surface area contributed by atoms with Gasteiger partial charge in [0.15, 0.2) is 0 Å². The lowest BCUT2D eigenvalue weighted by Gasteiger charge is -2.53. The molecule has 3 heterocycles. The van der Waals surface area contributed by atoms with Crippen molar-refractivity contribution in [2.24, 2.45) is 0 Å². The highest BCUT2D eigenvalue weighted by molar-refractivity contribution is 5.85. The summed E-state index contributed by atoms with van der Waals surface area (Å²) >= 11 is 0. The first-order chi connectivity index (χ1) is 27.2. The predicted molar refractivity (Wildman–Crippen MR) is 201 cm³/mol. The molecule has 5 aromatic rings. The van der Waals surface area contributed by atoms with Crippen LogP contribution in [0.2, 0.25) is 0 Å². The Balaban J connectivity index is 1.12. The lowest BCUT2D eigenvalue weighted by Crippen LogP contribution is -2.67. The maximum atomic E-state index is 13.8. The van der Waals surface area contributed by atoms with E-state index in [1.165, 1.54) is 13.2 Å². The molecule has 7 rings (SSSR count). The van der Waals surface area contributed by atoms with E-state index in [2.05, 4.69) is 54.9 Å². The third-order valence-corrected chi connectivity index (χ3v) is 10.3. The van der Waals surface area contributed by atoms with Crippen LogP contribution in [0.5, 0.6) is 5.75 Å². The molecule has 0 radical (unpaired) electrons. The molecule has 2 amide bonds. The Bertz CT molecular complexity index is 2030. The Morgan fingerprint density at radius 3 is 2.21 bits per heavy atom. The number of methoxy groups -OCH3 is 1. The number of hydrogen-bond acceptors (Lipinski definition) is 9. The van der Waals surface area contributed by atoms with Crippen LogP contribution in [0.3, 0.4) is 0 Å². The summed E-state index contributed by atoms with van der Waals surface area (Å²) in [5, 5.41) is 12.9. The van der Waals surface area contributed by atoms with Gasteiger partial charge in [-0.05, 0) is 45.3 Å². The molecule has 1 aromatic heterocycles. The monoisotopic (exact) mass is 768 g/mol. The van der Waals surface area contributed by atoms with Gasteiger partial charge in [-0.25, -0.2) is 0 Å². The number of alkyl halides is 3. The highest BCUT2D eigenvalue weighted by atomic mass is 19.4. The van der Waals surface area contributed by atoms with Crippen molar-refractivity contribution in [2.45, 2.75) is 37.3 Å². The fourth-order valence-electron chi connectivity index (χ4n) is 7.79. The van der Waals surface area contributed by atoms with Crippen LogP contribution in [0.15, 0.2) is 109 Å². The van der Waals surface area contributed by atoms with Gasteiger partial charge in [-0.1, -0.05) is 91.0 Å². The summed E-state index contributed by atoms with van der Waals surface area (Å²) in [4.78, 5) is 32.7. The zero-order chi connectivity index (χ0) is 39.1. The average molecular weight is 769 g/mol. The van der Waals surface area contributed by atoms with Crippen LogP contribution in [0.1, 0.15) is 34.0 Å². The predicted octanol–water partition coefficient (Wildman–Crippen LogP) is 4.55. The number of aromatic nitrogens is 4. The second-order valence-corrected chi connectivity index (χ2v) is 14.0. The SMILES string of the molecule is COc1ccc(-n2nnnc2C(F)(F)F)cc1CN1CC2CN(C(=O)CNC(=O)COCc3ccccc3)CCN2C(C(c2ccccc2)c2ccccc2)C1. The van der Waals surface area contributed by atoms with Gasteiger partial charge in [0.25, 0.3) is 5.82 Å². The van der Waals surface area contributed by atoms with Crippen LogP contribution in [-0.2, 0) is 33.7 Å². The molecule has 0 spiro atoms. The molecule has 2 atom stereocenters. The normalized spacial score (nSPS) is 17.8. The van der Waals surface area contributed by atoms with E-state index in [0.717, 1.165) is 16.7 Å². The smallest absolute Gasteiger partial charge is 0.453 e. The summed E-state index contributed by atoms with van der Waals surface area (Å²) in [6, 6.07) is 34.8. The van der Waals surface area contributed by atoms with E-state index in [0.29, 0.717) is 61.9 Å². The molecular weight excluding hydrogens is 725 g/mol. The molecule has 15 heteroatoms. The summed E-state index contributed by atoms with van der Waals surface area (Å²) in [7, 11) is 1.52. The minimum Gasteiger partial charge on any atom is -0.496 e. The molecule has 2 aliphatic rings. The van der Waals surface area contributed by atoms with Crippen molar-refractivity contribution in [3.05, 3.63) is 137 Å². The number of carbonyl (C=O) groups is 2. The zero-order valence-corrected chi connectivity index (χ0v) is 30.9. The Kier molecular flexibility index (Phi) is 12.0. The Morgan fingerprint density at radius 2 is 1.55 bits per heavy atom. The number of fused-ring (bicyclic) bond motifs is 1. The Hall–Kier alpha value is -5.64. The number of benzene rings is 4. The van der Waals surface area contributed by atoms with Crippen LogP contribution in [0.4, 0.5) is 13.2 Å². The second-order valence-electron chi connectivity index (χ2n) is 14.0. The van der Waals surface area contributed by atoms with Crippen molar-refractivity contribution in [2.75, 3.05) is 53.0 Å². The van der Waals surface area contributed by atoms with Crippen LogP contribution < -0.4 is 10.1 Å². The van der Waals surface area contributed by atoms with Crippen LogP contribution in [-0.4, -0.2) is 112 Å². The van der Waals surface area contributed by atoms with Crippen molar-refractivity contribution < 1.29 is 32.2 Å². The third kappa shape index (κ3) is 9.07. The van der Waals surface area contributed by atoms with Crippen LogP contribution in [0, 0.1) is 0 Å². The lowest BCUT2D eigenvalue weighted by atomic mass is 9.81. The molecular formula is C41H43F3N8O4. The number of tetrazole rings is 1. The molecule has 0 saturated carbocycles. The topological polar surface area (TPSA) is 118 Å². The molecule has 56 heavy (non-hydrogen) atoms. The van der Waals surface area contributed by atoms with Crippen LogP contribution >= 0.6 is 0 Å². The molecule has 2 unspecified atom stereocenters. The van der Waals surface area contributed by atoms with E-state index < -0.39 is 12.0 Å². The van der Waals surface area contributed by atoms with E-state index in [-0.39, 0.29) is 48.7 Å². The third-order valence-electron chi connectivity index (χ3n) is 10.3. The number of piperazine rings is 2. The lowest BCUT2D eigenvalue weighted by molar-refractivity contribution is -0.146. The highest BCUT2D eigenvalue weighted by Gasteiger charge is 2.43. The maximum Gasteiger partial charge on any atom is 0.453 e. The van der Waals surface area contributed by atoms with E-state index >= 15 is 0 Å². The fraction of sp³-hybridized carbons (Fsp3) is 0.341. The summed E-state index contributed by atoms with van der Waals surface area (Å²) in [6.07, 6.45) is -4.75. The van der Waals surface area contributed by atoms with Crippen molar-refractivity contribution in [1.29, 1.82) is 0 Å². The number of nitrogens with zero attached hydrogens (tertiary/aromatic N) is 7. The van der Waals surface area contributed by atoms with E-state index in [1.54, 1.807) is 17.0 Å². The van der Waals surface area contributed by atoms with Gasteiger partial charge in [-0.3, -0.25) is 19.4 Å². The number of halogens is 3. The Labute approximate surface area is 322 Å². The standard InChI is InChI=1S/C41H43F3N8O4/c1-55-36-18-17-33(52-40(41(42,43)44)46-47-48-52)21-32(36)23-49-24-34-25-50(38(54)22-45-37(53)28-56-27-29-11-5-2-6-12-29)19-20-51(34)35(26-49)39(30-13-7-3-8-14-30)31-15-9-4-10-16-31/h2-18,21,34-35,39H,19-20,22-28H2,1H3,(H,45,53). The Morgan fingerprint density at radius 1 is 0.875 bits per heavy atom. The number of nitrogens with one attached hydrogen (secondary N) is 1. The molecule has 0 aliphatic carbocycles. The quantitative estimate of drug-likeness (QED) is 0.184. The maximum absolute atomic E-state index is 13.8. The van der Waals surface area contributed by atoms with Gasteiger partial charge in [-0.15, -0.1) is 5.10 Å². The van der Waals surface area contributed by atoms with Gasteiger partial charge in [0.1, 0.15) is 12.4 Å². The van der Waals surface area contributed by atoms with Gasteiger partial charge in [0, 0.05) is 62.8 Å². The van der Waals surface area contributed by atoms with E-state index in [1.807, 2.05) is 66.7 Å². The van der Waals surface area contributed by atoms with E-state index in [9.17, 15) is 22.8 Å². The van der Waals surface area contributed by atoms with Crippen molar-refractivity contribution >= 4 is 11.8 Å². The molecule has 4 aromatic carbocycles. The molecule has 12 nitrogen and oxygen atoms in total. The fourth-order valence-corrected chi connectivity index (χ4v) is 7.79. The van der Waals surface area contributed by atoms with Gasteiger partial charge >= 0.3 is 6.18 Å². The summed E-state index contributed by atoms with van der Waals surface area (Å²) in [6.45, 7) is 3.08. The number of ether oxygens (including phenoxy) is 2. The van der Waals surface area contributed by atoms with Gasteiger partial charge in [-0.2, -0.15) is 17.9 Å². The van der Waals surface area contributed by atoms with Crippen molar-refractivity contribution in [1.82, 2.24) is 40.2 Å². The molecule has 2 fully saturated rings. The average Bonchev–Trinajstić information content (AvgIpc) is 3.73. The number of carbonyl (C=O) groups excluding carboxylic acids is 2. The summed E-state index contributed by atoms with van der Waals surface area (Å²) < 4.78 is 53.2. The van der Waals surface area contributed by atoms with Crippen LogP contribution in [0.25, 0.3) is 5.69 Å². The van der Waals surface area contributed by atoms with Gasteiger partial charge in [0.2, 0.25) is 11.8 Å². The van der Waals surface area contributed by atoms with Gasteiger partial charge < -0.3 is 19.7 Å². The first-order valence-electron chi connectivity index (χ1n) is 18.4. The molecule has 2 saturated heterocycles. The largest absolute Gasteiger partial charge is 0.496 e. The summed E-state index contributed by atoms with van der Waals surface area (Å²) in [5.74, 6) is -1.29. The first-order valence-corrected chi connectivity index (χ1v) is 18.4. The second kappa shape index (κ2) is 17.4. The first kappa shape index (κ1) is 38.6. The minimum absolute atomic E-state index is 0.0241. The van der Waals surface area contributed by atoms with Gasteiger partial charge in [0.05, 0.1) is 25.9 Å². The molecule has 0 bridgehead atoms. The number of rotatable bonds is 13. The number of amides is 2. The van der Waals surface area contributed by atoms with E-state index in [4.69, 9.17) is 9.47 Å². The van der Waals surface area contributed by atoms with Crippen molar-refractivity contribution in [3.8, 4) is 11.4 Å². The van der Waals surface area contributed by atoms with Crippen molar-refractivity contribution in [3.63, 3.8) is 0 Å². The minimum atomic E-state index is -4.75. The molecule has 292 valence electrons. The molecule has 2 aliphatic heterocycles. The summed E-state index contributed by atoms with van der Waals surface area (Å²) in [5.41, 5.74) is 4.07. The zero-order valence-electron chi connectivity index (χ0n) is 30.9. The highest BCUT2D eigenvalue weighted by Crippen LogP contribution is 2.37.